The van der Waals surface area contributed by atoms with Crippen LogP contribution in [0, 0.1) is 0 Å². The molecule has 0 aliphatic carbocycles. The van der Waals surface area contributed by atoms with E-state index >= 15 is 0 Å². The van der Waals surface area contributed by atoms with Crippen LogP contribution in [-0.4, -0.2) is 27.6 Å². The molecular weight excluding hydrogens is 374 g/mol. The van der Waals surface area contributed by atoms with Crippen LogP contribution in [-0.2, 0) is 13.6 Å². The molecule has 2 rings (SSSR count). The zero-order valence-corrected chi connectivity index (χ0v) is 13.8. The van der Waals surface area contributed by atoms with Gasteiger partial charge in [-0.2, -0.15) is 5.10 Å². The van der Waals surface area contributed by atoms with Gasteiger partial charge < -0.3 is 4.90 Å². The van der Waals surface area contributed by atoms with E-state index in [0.29, 0.717) is 12.1 Å². The highest BCUT2D eigenvalue weighted by atomic mass is 79.9. The molecule has 100 valence electrons. The van der Waals surface area contributed by atoms with Crippen molar-refractivity contribution < 1.29 is 4.79 Å². The van der Waals surface area contributed by atoms with Gasteiger partial charge in [0.2, 0.25) is 0 Å². The van der Waals surface area contributed by atoms with Gasteiger partial charge in [0.1, 0.15) is 0 Å². The minimum atomic E-state index is -0.0224. The molecule has 2 aromatic rings. The molecule has 0 unspecified atom stereocenters. The summed E-state index contributed by atoms with van der Waals surface area (Å²) < 4.78 is 3.48. The standard InChI is InChI=1S/C13H13Br2N3O/c1-17(7-9-6-16-18(2)8-9)13(19)10-3-11(14)5-12(15)4-10/h3-6,8H,7H2,1-2H3. The van der Waals surface area contributed by atoms with E-state index in [9.17, 15) is 4.79 Å². The van der Waals surface area contributed by atoms with E-state index in [-0.39, 0.29) is 5.91 Å². The summed E-state index contributed by atoms with van der Waals surface area (Å²) in [5.41, 5.74) is 1.65. The molecule has 4 nitrogen and oxygen atoms in total. The number of aromatic nitrogens is 2. The molecule has 0 saturated carbocycles. The lowest BCUT2D eigenvalue weighted by atomic mass is 10.2. The molecule has 1 heterocycles. The Hall–Kier alpha value is -1.14. The van der Waals surface area contributed by atoms with Crippen LogP contribution in [0.5, 0.6) is 0 Å². The van der Waals surface area contributed by atoms with Crippen molar-refractivity contribution in [3.63, 3.8) is 0 Å². The van der Waals surface area contributed by atoms with E-state index in [0.717, 1.165) is 14.5 Å². The van der Waals surface area contributed by atoms with Gasteiger partial charge in [-0.05, 0) is 18.2 Å². The summed E-state index contributed by atoms with van der Waals surface area (Å²) in [5, 5.41) is 4.09. The number of halogens is 2. The molecule has 19 heavy (non-hydrogen) atoms. The van der Waals surface area contributed by atoms with Crippen LogP contribution in [0.4, 0.5) is 0 Å². The SMILES string of the molecule is CN(Cc1cnn(C)c1)C(=O)c1cc(Br)cc(Br)c1. The van der Waals surface area contributed by atoms with Crippen molar-refractivity contribution >= 4 is 37.8 Å². The average molecular weight is 387 g/mol. The summed E-state index contributed by atoms with van der Waals surface area (Å²) in [5.74, 6) is -0.0224. The Morgan fingerprint density at radius 1 is 1.32 bits per heavy atom. The predicted molar refractivity (Wildman–Crippen MR) is 80.8 cm³/mol. The average Bonchev–Trinajstić information content (AvgIpc) is 2.72. The minimum absolute atomic E-state index is 0.0224. The van der Waals surface area contributed by atoms with E-state index in [4.69, 9.17) is 0 Å². The van der Waals surface area contributed by atoms with Gasteiger partial charge in [-0.25, -0.2) is 0 Å². The molecular formula is C13H13Br2N3O. The largest absolute Gasteiger partial charge is 0.337 e. The van der Waals surface area contributed by atoms with Gasteiger partial charge in [-0.3, -0.25) is 9.48 Å². The maximum Gasteiger partial charge on any atom is 0.253 e. The monoisotopic (exact) mass is 385 g/mol. The minimum Gasteiger partial charge on any atom is -0.337 e. The number of carbonyl (C=O) groups excluding carboxylic acids is 1. The lowest BCUT2D eigenvalue weighted by Crippen LogP contribution is -2.26. The molecule has 0 spiro atoms. The quantitative estimate of drug-likeness (QED) is 0.812. The Bertz CT molecular complexity index is 589. The number of nitrogens with zero attached hydrogens (tertiary/aromatic N) is 3. The third-order valence-corrected chi connectivity index (χ3v) is 3.55. The van der Waals surface area contributed by atoms with Crippen LogP contribution in [0.3, 0.4) is 0 Å². The van der Waals surface area contributed by atoms with Crippen LogP contribution >= 0.6 is 31.9 Å². The first-order valence-electron chi connectivity index (χ1n) is 5.65. The smallest absolute Gasteiger partial charge is 0.253 e. The van der Waals surface area contributed by atoms with Crippen LogP contribution in [0.25, 0.3) is 0 Å². The van der Waals surface area contributed by atoms with Crippen LogP contribution in [0.1, 0.15) is 15.9 Å². The first-order chi connectivity index (χ1) is 8.95. The van der Waals surface area contributed by atoms with Gasteiger partial charge in [0.05, 0.1) is 6.20 Å². The summed E-state index contributed by atoms with van der Waals surface area (Å²) in [6.45, 7) is 0.538. The highest BCUT2D eigenvalue weighted by Crippen LogP contribution is 2.21. The number of hydrogen-bond acceptors (Lipinski definition) is 2. The second-order valence-corrected chi connectivity index (χ2v) is 6.17. The molecule has 0 atom stereocenters. The lowest BCUT2D eigenvalue weighted by molar-refractivity contribution is 0.0785. The van der Waals surface area contributed by atoms with Crippen molar-refractivity contribution in [3.8, 4) is 0 Å². The van der Waals surface area contributed by atoms with E-state index in [2.05, 4.69) is 37.0 Å². The summed E-state index contributed by atoms with van der Waals surface area (Å²) in [6, 6.07) is 5.53. The van der Waals surface area contributed by atoms with Crippen LogP contribution in [0.15, 0.2) is 39.5 Å². The Kier molecular flexibility index (Phi) is 4.42. The van der Waals surface area contributed by atoms with Crippen molar-refractivity contribution in [2.45, 2.75) is 6.54 Å². The Balaban J connectivity index is 2.14. The third kappa shape index (κ3) is 3.67. The normalized spacial score (nSPS) is 10.5. The van der Waals surface area contributed by atoms with E-state index in [1.54, 1.807) is 22.8 Å². The summed E-state index contributed by atoms with van der Waals surface area (Å²) in [7, 11) is 3.64. The van der Waals surface area contributed by atoms with E-state index in [1.165, 1.54) is 0 Å². The molecule has 0 fully saturated rings. The number of carbonyl (C=O) groups is 1. The fourth-order valence-electron chi connectivity index (χ4n) is 1.80. The molecule has 6 heteroatoms. The first-order valence-corrected chi connectivity index (χ1v) is 7.23. The Morgan fingerprint density at radius 2 is 1.95 bits per heavy atom. The fraction of sp³-hybridized carbons (Fsp3) is 0.231. The van der Waals surface area contributed by atoms with Crippen molar-refractivity contribution in [2.75, 3.05) is 7.05 Å². The molecule has 0 saturated heterocycles. The van der Waals surface area contributed by atoms with Gasteiger partial charge in [0.15, 0.2) is 0 Å². The number of benzene rings is 1. The van der Waals surface area contributed by atoms with Crippen molar-refractivity contribution in [2.24, 2.45) is 7.05 Å². The Labute approximate surface area is 128 Å². The summed E-state index contributed by atoms with van der Waals surface area (Å²) in [4.78, 5) is 14.0. The second-order valence-electron chi connectivity index (χ2n) is 4.34. The highest BCUT2D eigenvalue weighted by Gasteiger charge is 2.13. The van der Waals surface area contributed by atoms with Crippen molar-refractivity contribution in [3.05, 3.63) is 50.7 Å². The molecule has 1 aromatic heterocycles. The van der Waals surface area contributed by atoms with Gasteiger partial charge >= 0.3 is 0 Å². The van der Waals surface area contributed by atoms with Gasteiger partial charge in [0.25, 0.3) is 5.91 Å². The highest BCUT2D eigenvalue weighted by molar-refractivity contribution is 9.11. The zero-order chi connectivity index (χ0) is 14.0. The number of hydrogen-bond donors (Lipinski definition) is 0. The topological polar surface area (TPSA) is 38.1 Å². The molecule has 1 aromatic carbocycles. The first kappa shape index (κ1) is 14.3. The van der Waals surface area contributed by atoms with Crippen molar-refractivity contribution in [1.82, 2.24) is 14.7 Å². The molecule has 1 amide bonds. The second kappa shape index (κ2) is 5.88. The Morgan fingerprint density at radius 3 is 2.47 bits per heavy atom. The fourth-order valence-corrected chi connectivity index (χ4v) is 3.09. The zero-order valence-electron chi connectivity index (χ0n) is 10.6. The van der Waals surface area contributed by atoms with Crippen LogP contribution in [0.2, 0.25) is 0 Å². The molecule has 0 aliphatic heterocycles. The lowest BCUT2D eigenvalue weighted by Gasteiger charge is -2.16. The molecule has 0 N–H and O–H groups in total. The van der Waals surface area contributed by atoms with Gasteiger partial charge in [-0.1, -0.05) is 31.9 Å². The number of amides is 1. The number of rotatable bonds is 3. The van der Waals surface area contributed by atoms with Crippen LogP contribution < -0.4 is 0 Å². The molecule has 0 aliphatic rings. The maximum absolute atomic E-state index is 12.3. The number of aryl methyl sites for hydroxylation is 1. The molecule has 0 radical (unpaired) electrons. The molecule has 0 bridgehead atoms. The van der Waals surface area contributed by atoms with Gasteiger partial charge in [-0.15, -0.1) is 0 Å². The van der Waals surface area contributed by atoms with E-state index < -0.39 is 0 Å². The summed E-state index contributed by atoms with van der Waals surface area (Å²) >= 11 is 6.77. The summed E-state index contributed by atoms with van der Waals surface area (Å²) in [6.07, 6.45) is 3.67. The van der Waals surface area contributed by atoms with Gasteiger partial charge in [0, 0.05) is 46.9 Å². The maximum atomic E-state index is 12.3. The third-order valence-electron chi connectivity index (χ3n) is 2.63. The predicted octanol–water partition coefficient (Wildman–Crippen LogP) is 3.22. The van der Waals surface area contributed by atoms with E-state index in [1.807, 2.05) is 31.4 Å². The van der Waals surface area contributed by atoms with Crippen molar-refractivity contribution in [1.29, 1.82) is 0 Å².